The number of hydrogen-bond donors (Lipinski definition) is 0. The summed E-state index contributed by atoms with van der Waals surface area (Å²) in [6, 6.07) is 0. The number of unbranched alkanes of at least 4 members (excludes halogenated alkanes) is 4. The highest BCUT2D eigenvalue weighted by Crippen LogP contribution is 2.07. The Balaban J connectivity index is 3.48. The van der Waals surface area contributed by atoms with Gasteiger partial charge in [0.2, 0.25) is 0 Å². The Labute approximate surface area is 101 Å². The van der Waals surface area contributed by atoms with Gasteiger partial charge in [-0.3, -0.25) is 0 Å². The van der Waals surface area contributed by atoms with Crippen molar-refractivity contribution in [2.24, 2.45) is 0 Å². The van der Waals surface area contributed by atoms with Gasteiger partial charge < -0.3 is 18.0 Å². The molecule has 0 atom stereocenters. The van der Waals surface area contributed by atoms with Gasteiger partial charge in [0.15, 0.2) is 0 Å². The second-order valence-electron chi connectivity index (χ2n) is 3.76. The van der Waals surface area contributed by atoms with Gasteiger partial charge in [0.25, 0.3) is 0 Å². The van der Waals surface area contributed by atoms with E-state index in [-0.39, 0.29) is 0 Å². The van der Waals surface area contributed by atoms with E-state index >= 15 is 0 Å². The summed E-state index contributed by atoms with van der Waals surface area (Å²) in [4.78, 5) is 0. The molecule has 0 bridgehead atoms. The summed E-state index contributed by atoms with van der Waals surface area (Å²) in [5, 5.41) is 0. The van der Waals surface area contributed by atoms with Crippen LogP contribution in [0, 0.1) is 0 Å². The van der Waals surface area contributed by atoms with E-state index in [4.69, 9.17) is 18.0 Å². The minimum absolute atomic E-state index is 0.435. The van der Waals surface area contributed by atoms with Crippen LogP contribution in [0.5, 0.6) is 0 Å². The van der Waals surface area contributed by atoms with Crippen molar-refractivity contribution in [1.29, 1.82) is 0 Å². The van der Waals surface area contributed by atoms with E-state index < -0.39 is 8.80 Å². The molecule has 5 heteroatoms. The Morgan fingerprint density at radius 2 is 1.38 bits per heavy atom. The Bertz CT molecular complexity index is 143. The zero-order chi connectivity index (χ0) is 12.3. The zero-order valence-electron chi connectivity index (χ0n) is 11.1. The van der Waals surface area contributed by atoms with Crippen LogP contribution in [0.15, 0.2) is 0 Å². The minimum atomic E-state index is -2.51. The quantitative estimate of drug-likeness (QED) is 0.417. The number of ether oxygens (including phenoxy) is 1. The monoisotopic (exact) mass is 250 g/mol. The molecule has 0 saturated heterocycles. The van der Waals surface area contributed by atoms with Gasteiger partial charge in [-0.05, 0) is 6.42 Å². The lowest BCUT2D eigenvalue weighted by molar-refractivity contribution is 0.0622. The highest BCUT2D eigenvalue weighted by molar-refractivity contribution is 6.60. The van der Waals surface area contributed by atoms with Crippen molar-refractivity contribution in [3.05, 3.63) is 0 Å². The molecule has 4 nitrogen and oxygen atoms in total. The van der Waals surface area contributed by atoms with E-state index in [1.807, 2.05) is 0 Å². The molecule has 0 aliphatic rings. The predicted molar refractivity (Wildman–Crippen MR) is 66.4 cm³/mol. The standard InChI is InChI=1S/C11H26O4Si/c1-5-6-7-8-9-10-15-11-16(12-2,13-3)14-4/h5-11H2,1-4H3. The first-order valence-electron chi connectivity index (χ1n) is 5.98. The van der Waals surface area contributed by atoms with Crippen LogP contribution in [0.25, 0.3) is 0 Å². The van der Waals surface area contributed by atoms with Crippen molar-refractivity contribution >= 4 is 8.80 Å². The molecular weight excluding hydrogens is 224 g/mol. The third-order valence-electron chi connectivity index (χ3n) is 2.60. The Hall–Kier alpha value is 0.0569. The number of rotatable bonds is 11. The third kappa shape index (κ3) is 6.60. The summed E-state index contributed by atoms with van der Waals surface area (Å²) in [5.41, 5.74) is 0. The molecule has 0 saturated carbocycles. The summed E-state index contributed by atoms with van der Waals surface area (Å²) in [5.74, 6) is 0. The molecule has 0 heterocycles. The smallest absolute Gasteiger partial charge is 0.377 e. The topological polar surface area (TPSA) is 36.9 Å². The summed E-state index contributed by atoms with van der Waals surface area (Å²) in [7, 11) is 2.29. The second-order valence-corrected chi connectivity index (χ2v) is 6.64. The maximum atomic E-state index is 5.54. The van der Waals surface area contributed by atoms with Gasteiger partial charge in [-0.1, -0.05) is 32.6 Å². The lowest BCUT2D eigenvalue weighted by atomic mass is 10.2. The van der Waals surface area contributed by atoms with Gasteiger partial charge in [0, 0.05) is 27.9 Å². The van der Waals surface area contributed by atoms with Gasteiger partial charge in [-0.2, -0.15) is 0 Å². The summed E-state index contributed by atoms with van der Waals surface area (Å²) >= 11 is 0. The fraction of sp³-hybridized carbons (Fsp3) is 1.00. The molecule has 0 aliphatic heterocycles. The zero-order valence-corrected chi connectivity index (χ0v) is 12.1. The van der Waals surface area contributed by atoms with Gasteiger partial charge in [0.1, 0.15) is 6.23 Å². The molecule has 0 radical (unpaired) electrons. The molecule has 0 aliphatic carbocycles. The van der Waals surface area contributed by atoms with Crippen LogP contribution in [-0.2, 0) is 18.0 Å². The molecular formula is C11H26O4Si. The van der Waals surface area contributed by atoms with E-state index in [1.54, 1.807) is 21.3 Å². The average molecular weight is 250 g/mol. The van der Waals surface area contributed by atoms with Crippen LogP contribution in [0.2, 0.25) is 0 Å². The maximum Gasteiger partial charge on any atom is 0.527 e. The van der Waals surface area contributed by atoms with Crippen molar-refractivity contribution in [3.8, 4) is 0 Å². The lowest BCUT2D eigenvalue weighted by Gasteiger charge is -2.23. The third-order valence-corrected chi connectivity index (χ3v) is 5.03. The van der Waals surface area contributed by atoms with Gasteiger partial charge in [-0.25, -0.2) is 0 Å². The van der Waals surface area contributed by atoms with Crippen LogP contribution in [0.4, 0.5) is 0 Å². The highest BCUT2D eigenvalue weighted by atomic mass is 28.4. The molecule has 0 fully saturated rings. The molecule has 0 aromatic heterocycles. The molecule has 0 aromatic rings. The minimum Gasteiger partial charge on any atom is -0.377 e. The lowest BCUT2D eigenvalue weighted by Crippen LogP contribution is -2.48. The van der Waals surface area contributed by atoms with E-state index in [0.717, 1.165) is 13.0 Å². The fourth-order valence-electron chi connectivity index (χ4n) is 1.43. The first-order chi connectivity index (χ1) is 7.74. The first kappa shape index (κ1) is 16.1. The normalized spacial score (nSPS) is 12.0. The van der Waals surface area contributed by atoms with E-state index in [1.165, 1.54) is 25.7 Å². The van der Waals surface area contributed by atoms with Gasteiger partial charge in [-0.15, -0.1) is 0 Å². The Morgan fingerprint density at radius 3 is 1.88 bits per heavy atom. The van der Waals surface area contributed by atoms with Gasteiger partial charge >= 0.3 is 8.80 Å². The summed E-state index contributed by atoms with van der Waals surface area (Å²) in [6.07, 6.45) is 6.64. The molecule has 0 aromatic carbocycles. The second kappa shape index (κ2) is 10.2. The number of hydrogen-bond acceptors (Lipinski definition) is 4. The summed E-state index contributed by atoms with van der Waals surface area (Å²) in [6.45, 7) is 2.97. The molecule has 0 N–H and O–H groups in total. The largest absolute Gasteiger partial charge is 0.527 e. The molecule has 0 spiro atoms. The summed E-state index contributed by atoms with van der Waals surface area (Å²) < 4.78 is 21.3. The van der Waals surface area contributed by atoms with Crippen molar-refractivity contribution in [2.75, 3.05) is 34.2 Å². The molecule has 16 heavy (non-hydrogen) atoms. The highest BCUT2D eigenvalue weighted by Gasteiger charge is 2.38. The average Bonchev–Trinajstić information content (AvgIpc) is 2.34. The Morgan fingerprint density at radius 1 is 0.812 bits per heavy atom. The first-order valence-corrected chi connectivity index (χ1v) is 7.91. The predicted octanol–water partition coefficient (Wildman–Crippen LogP) is 2.39. The van der Waals surface area contributed by atoms with Crippen LogP contribution in [0.3, 0.4) is 0 Å². The van der Waals surface area contributed by atoms with Crippen LogP contribution >= 0.6 is 0 Å². The van der Waals surface area contributed by atoms with Crippen molar-refractivity contribution in [1.82, 2.24) is 0 Å². The SMILES string of the molecule is CCCCCCCOC[Si](OC)(OC)OC. The van der Waals surface area contributed by atoms with Crippen LogP contribution in [0.1, 0.15) is 39.0 Å². The maximum absolute atomic E-state index is 5.54. The molecule has 98 valence electrons. The van der Waals surface area contributed by atoms with Crippen molar-refractivity contribution in [3.63, 3.8) is 0 Å². The Kier molecular flexibility index (Phi) is 10.3. The van der Waals surface area contributed by atoms with Crippen molar-refractivity contribution in [2.45, 2.75) is 39.0 Å². The molecule has 0 amide bonds. The van der Waals surface area contributed by atoms with Gasteiger partial charge in [0.05, 0.1) is 0 Å². The molecule has 0 rings (SSSR count). The fourth-order valence-corrected chi connectivity index (χ4v) is 2.68. The molecule has 0 unspecified atom stereocenters. The van der Waals surface area contributed by atoms with Crippen molar-refractivity contribution < 1.29 is 18.0 Å². The van der Waals surface area contributed by atoms with Crippen LogP contribution in [-0.4, -0.2) is 43.0 Å². The van der Waals surface area contributed by atoms with E-state index in [2.05, 4.69) is 6.92 Å². The van der Waals surface area contributed by atoms with E-state index in [0.29, 0.717) is 6.23 Å². The van der Waals surface area contributed by atoms with E-state index in [9.17, 15) is 0 Å². The van der Waals surface area contributed by atoms with Crippen LogP contribution < -0.4 is 0 Å².